The van der Waals surface area contributed by atoms with Gasteiger partial charge in [-0.3, -0.25) is 4.90 Å². The van der Waals surface area contributed by atoms with Crippen LogP contribution in [0.1, 0.15) is 56.3 Å². The summed E-state index contributed by atoms with van der Waals surface area (Å²) in [6, 6.07) is 9.31. The van der Waals surface area contributed by atoms with Gasteiger partial charge in [0.25, 0.3) is 0 Å². The minimum atomic E-state index is -0.305. The zero-order valence-electron chi connectivity index (χ0n) is 12.8. The number of likely N-dealkylation sites (N-methyl/N-ethyl adjacent to an activating group) is 1. The highest BCUT2D eigenvalue weighted by molar-refractivity contribution is 5.35. The third-order valence-corrected chi connectivity index (χ3v) is 5.66. The van der Waals surface area contributed by atoms with Crippen LogP contribution in [0, 0.1) is 5.92 Å². The van der Waals surface area contributed by atoms with Crippen molar-refractivity contribution in [1.29, 1.82) is 0 Å². The van der Waals surface area contributed by atoms with Gasteiger partial charge in [-0.2, -0.15) is 0 Å². The van der Waals surface area contributed by atoms with Crippen LogP contribution in [0.25, 0.3) is 0 Å². The Morgan fingerprint density at radius 2 is 1.85 bits per heavy atom. The second-order valence-corrected chi connectivity index (χ2v) is 6.66. The molecule has 0 spiro atoms. The van der Waals surface area contributed by atoms with E-state index in [-0.39, 0.29) is 12.1 Å². The highest BCUT2D eigenvalue weighted by atomic mass is 16.3. The van der Waals surface area contributed by atoms with Crippen LogP contribution in [-0.2, 0) is 6.42 Å². The van der Waals surface area contributed by atoms with Crippen LogP contribution in [0.4, 0.5) is 0 Å². The minimum Gasteiger partial charge on any atom is -0.387 e. The van der Waals surface area contributed by atoms with Gasteiger partial charge < -0.3 is 5.11 Å². The molecule has 1 aromatic rings. The lowest BCUT2D eigenvalue weighted by molar-refractivity contribution is 0.0354. The van der Waals surface area contributed by atoms with Crippen molar-refractivity contribution >= 4 is 0 Å². The predicted octanol–water partition coefficient (Wildman–Crippen LogP) is 3.55. The van der Waals surface area contributed by atoms with Crippen molar-refractivity contribution in [3.63, 3.8) is 0 Å². The van der Waals surface area contributed by atoms with E-state index in [1.54, 1.807) is 0 Å². The zero-order chi connectivity index (χ0) is 14.1. The molecule has 2 heteroatoms. The van der Waals surface area contributed by atoms with E-state index in [1.165, 1.54) is 37.7 Å². The Balaban J connectivity index is 1.66. The second-order valence-electron chi connectivity index (χ2n) is 6.66. The standard InChI is InChI=1S/C18H27NO/c1-3-13-8-10-15(11-9-13)19(2)17-12-14-6-4-5-7-16(14)18(17)20/h4-7,13,15,17-18,20H,3,8-12H2,1-2H3. The molecule has 0 radical (unpaired) electrons. The molecule has 2 aliphatic carbocycles. The van der Waals surface area contributed by atoms with E-state index in [9.17, 15) is 5.11 Å². The van der Waals surface area contributed by atoms with E-state index in [4.69, 9.17) is 0 Å². The Hall–Kier alpha value is -0.860. The largest absolute Gasteiger partial charge is 0.387 e. The predicted molar refractivity (Wildman–Crippen MR) is 82.7 cm³/mol. The average molecular weight is 273 g/mol. The molecule has 0 bridgehead atoms. The molecule has 110 valence electrons. The van der Waals surface area contributed by atoms with Crippen molar-refractivity contribution in [2.75, 3.05) is 7.05 Å². The first-order valence-electron chi connectivity index (χ1n) is 8.18. The number of nitrogens with zero attached hydrogens (tertiary/aromatic N) is 1. The van der Waals surface area contributed by atoms with Crippen molar-refractivity contribution in [2.24, 2.45) is 5.92 Å². The third-order valence-electron chi connectivity index (χ3n) is 5.66. The molecule has 2 atom stereocenters. The highest BCUT2D eigenvalue weighted by Crippen LogP contribution is 2.37. The van der Waals surface area contributed by atoms with Crippen LogP contribution < -0.4 is 0 Å². The summed E-state index contributed by atoms with van der Waals surface area (Å²) in [5.41, 5.74) is 2.48. The fraction of sp³-hybridized carbons (Fsp3) is 0.667. The summed E-state index contributed by atoms with van der Waals surface area (Å²) in [6.45, 7) is 2.31. The molecule has 2 aliphatic rings. The summed E-state index contributed by atoms with van der Waals surface area (Å²) in [7, 11) is 2.22. The molecule has 0 aromatic heterocycles. The summed E-state index contributed by atoms with van der Waals surface area (Å²) in [4.78, 5) is 2.47. The molecular formula is C18H27NO. The summed E-state index contributed by atoms with van der Waals surface area (Å²) in [5, 5.41) is 10.6. The average Bonchev–Trinajstić information content (AvgIpc) is 2.84. The second kappa shape index (κ2) is 5.87. The zero-order valence-corrected chi connectivity index (χ0v) is 12.8. The molecule has 0 saturated heterocycles. The van der Waals surface area contributed by atoms with Crippen molar-refractivity contribution in [1.82, 2.24) is 4.90 Å². The summed E-state index contributed by atoms with van der Waals surface area (Å²) < 4.78 is 0. The van der Waals surface area contributed by atoms with Gasteiger partial charge in [0.1, 0.15) is 0 Å². The normalized spacial score (nSPS) is 33.4. The van der Waals surface area contributed by atoms with Crippen molar-refractivity contribution in [2.45, 2.75) is 63.6 Å². The molecule has 1 saturated carbocycles. The summed E-state index contributed by atoms with van der Waals surface area (Å²) in [5.74, 6) is 0.936. The van der Waals surface area contributed by atoms with Gasteiger partial charge in [-0.15, -0.1) is 0 Å². The molecule has 2 unspecified atom stereocenters. The first kappa shape index (κ1) is 14.1. The van der Waals surface area contributed by atoms with Gasteiger partial charge in [-0.05, 0) is 56.2 Å². The van der Waals surface area contributed by atoms with Crippen molar-refractivity contribution in [3.05, 3.63) is 35.4 Å². The Morgan fingerprint density at radius 3 is 2.50 bits per heavy atom. The number of hydrogen-bond acceptors (Lipinski definition) is 2. The Morgan fingerprint density at radius 1 is 1.15 bits per heavy atom. The van der Waals surface area contributed by atoms with Crippen LogP contribution in [0.3, 0.4) is 0 Å². The summed E-state index contributed by atoms with van der Waals surface area (Å²) in [6.07, 6.45) is 7.35. The molecule has 1 aromatic carbocycles. The van der Waals surface area contributed by atoms with Crippen LogP contribution in [0.2, 0.25) is 0 Å². The van der Waals surface area contributed by atoms with E-state index in [0.29, 0.717) is 6.04 Å². The lowest BCUT2D eigenvalue weighted by Crippen LogP contribution is -2.44. The SMILES string of the molecule is CCC1CCC(N(C)C2Cc3ccccc3C2O)CC1. The number of aliphatic hydroxyl groups is 1. The van der Waals surface area contributed by atoms with Gasteiger partial charge in [0.15, 0.2) is 0 Å². The maximum absolute atomic E-state index is 10.6. The Bertz CT molecular complexity index is 450. The van der Waals surface area contributed by atoms with Crippen LogP contribution >= 0.6 is 0 Å². The third kappa shape index (κ3) is 2.51. The van der Waals surface area contributed by atoms with Gasteiger partial charge in [0.05, 0.1) is 6.10 Å². The van der Waals surface area contributed by atoms with E-state index in [2.05, 4.69) is 37.1 Å². The quantitative estimate of drug-likeness (QED) is 0.910. The fourth-order valence-corrected chi connectivity index (χ4v) is 4.15. The first-order chi connectivity index (χ1) is 9.70. The van der Waals surface area contributed by atoms with Gasteiger partial charge in [-0.1, -0.05) is 37.6 Å². The van der Waals surface area contributed by atoms with Gasteiger partial charge >= 0.3 is 0 Å². The molecule has 1 N–H and O–H groups in total. The fourth-order valence-electron chi connectivity index (χ4n) is 4.15. The molecule has 2 nitrogen and oxygen atoms in total. The van der Waals surface area contributed by atoms with Crippen molar-refractivity contribution < 1.29 is 5.11 Å². The van der Waals surface area contributed by atoms with Crippen LogP contribution in [-0.4, -0.2) is 29.1 Å². The van der Waals surface area contributed by atoms with E-state index >= 15 is 0 Å². The topological polar surface area (TPSA) is 23.5 Å². The number of fused-ring (bicyclic) bond motifs is 1. The van der Waals surface area contributed by atoms with Gasteiger partial charge in [-0.25, -0.2) is 0 Å². The number of benzene rings is 1. The monoisotopic (exact) mass is 273 g/mol. The van der Waals surface area contributed by atoms with E-state index in [0.717, 1.165) is 17.9 Å². The van der Waals surface area contributed by atoms with E-state index < -0.39 is 0 Å². The molecule has 20 heavy (non-hydrogen) atoms. The van der Waals surface area contributed by atoms with Crippen LogP contribution in [0.5, 0.6) is 0 Å². The maximum atomic E-state index is 10.6. The summed E-state index contributed by atoms with van der Waals surface area (Å²) >= 11 is 0. The minimum absolute atomic E-state index is 0.274. The maximum Gasteiger partial charge on any atom is 0.0951 e. The molecular weight excluding hydrogens is 246 g/mol. The highest BCUT2D eigenvalue weighted by Gasteiger charge is 2.36. The van der Waals surface area contributed by atoms with E-state index in [1.807, 2.05) is 6.07 Å². The number of hydrogen-bond donors (Lipinski definition) is 1. The molecule has 0 heterocycles. The van der Waals surface area contributed by atoms with Gasteiger partial charge in [0.2, 0.25) is 0 Å². The van der Waals surface area contributed by atoms with Gasteiger partial charge in [0, 0.05) is 12.1 Å². The lowest BCUT2D eigenvalue weighted by Gasteiger charge is -2.39. The first-order valence-corrected chi connectivity index (χ1v) is 8.18. The number of aliphatic hydroxyl groups excluding tert-OH is 1. The molecule has 3 rings (SSSR count). The van der Waals surface area contributed by atoms with Crippen molar-refractivity contribution in [3.8, 4) is 0 Å². The molecule has 0 amide bonds. The Labute approximate surface area is 122 Å². The Kier molecular flexibility index (Phi) is 4.13. The molecule has 0 aliphatic heterocycles. The smallest absolute Gasteiger partial charge is 0.0951 e. The lowest BCUT2D eigenvalue weighted by atomic mass is 9.83. The number of rotatable bonds is 3. The molecule has 1 fully saturated rings. The van der Waals surface area contributed by atoms with Crippen LogP contribution in [0.15, 0.2) is 24.3 Å².